The monoisotopic (exact) mass is 356 g/mol. The first-order valence-electron chi connectivity index (χ1n) is 8.06. The molecule has 130 valence electrons. The summed E-state index contributed by atoms with van der Waals surface area (Å²) in [6, 6.07) is 20.8. The minimum absolute atomic E-state index is 0.204. The molecule has 2 rings (SSSR count). The number of likely N-dealkylation sites (N-methyl/N-ethyl adjacent to an activating group) is 1. The van der Waals surface area contributed by atoms with Gasteiger partial charge >= 0.3 is 6.09 Å². The zero-order valence-corrected chi connectivity index (χ0v) is 15.1. The highest BCUT2D eigenvalue weighted by molar-refractivity contribution is 6.22. The number of amides is 1. The van der Waals surface area contributed by atoms with Gasteiger partial charge in [-0.2, -0.15) is 5.26 Å². The number of hydrogen-bond acceptors (Lipinski definition) is 3. The molecule has 0 spiro atoms. The molecule has 1 amide bonds. The number of benzene rings is 2. The van der Waals surface area contributed by atoms with Gasteiger partial charge in [-0.3, -0.25) is 0 Å². The second-order valence-electron chi connectivity index (χ2n) is 5.86. The molecule has 2 aromatic carbocycles. The summed E-state index contributed by atoms with van der Waals surface area (Å²) in [5, 5.41) is 8.52. The Bertz CT molecular complexity index is 715. The van der Waals surface area contributed by atoms with E-state index in [0.29, 0.717) is 0 Å². The van der Waals surface area contributed by atoms with Gasteiger partial charge in [-0.15, -0.1) is 11.6 Å². The summed E-state index contributed by atoms with van der Waals surface area (Å²) in [7, 11) is 1.66. The van der Waals surface area contributed by atoms with Gasteiger partial charge in [0, 0.05) is 19.0 Å². The number of halogens is 1. The lowest BCUT2D eigenvalue weighted by Crippen LogP contribution is -2.41. The van der Waals surface area contributed by atoms with Crippen molar-refractivity contribution < 1.29 is 9.53 Å². The van der Waals surface area contributed by atoms with Crippen LogP contribution in [0.15, 0.2) is 60.7 Å². The summed E-state index contributed by atoms with van der Waals surface area (Å²) in [4.78, 5) is 13.9. The standard InChI is InChI=1S/C20H21ClN2O2/c1-15(19(18(21)13-22)17-11-7-4-8-12-17)23(2)20(24)25-14-16-9-5-3-6-10-16/h3-12,15,18-19H,14H2,1-2H3/t15-,18-,19-/m1/s1. The molecule has 0 saturated carbocycles. The van der Waals surface area contributed by atoms with Crippen molar-refractivity contribution in [2.45, 2.75) is 30.9 Å². The first-order chi connectivity index (χ1) is 12.0. The zero-order valence-electron chi connectivity index (χ0n) is 14.3. The highest BCUT2D eigenvalue weighted by Gasteiger charge is 2.32. The van der Waals surface area contributed by atoms with Crippen molar-refractivity contribution in [3.8, 4) is 6.07 Å². The topological polar surface area (TPSA) is 53.3 Å². The fourth-order valence-corrected chi connectivity index (χ4v) is 3.03. The van der Waals surface area contributed by atoms with Gasteiger partial charge in [0.1, 0.15) is 12.0 Å². The molecule has 2 aromatic rings. The number of carbonyl (C=O) groups excluding carboxylic acids is 1. The van der Waals surface area contributed by atoms with Crippen LogP contribution in [0.4, 0.5) is 4.79 Å². The van der Waals surface area contributed by atoms with Gasteiger partial charge in [-0.1, -0.05) is 60.7 Å². The Balaban J connectivity index is 2.08. The molecular weight excluding hydrogens is 336 g/mol. The molecule has 0 radical (unpaired) electrons. The number of ether oxygens (including phenoxy) is 1. The molecule has 0 aliphatic rings. The number of hydrogen-bond donors (Lipinski definition) is 0. The predicted molar refractivity (Wildman–Crippen MR) is 98.3 cm³/mol. The summed E-state index contributed by atoms with van der Waals surface area (Å²) < 4.78 is 5.37. The Morgan fingerprint density at radius 1 is 1.16 bits per heavy atom. The molecule has 0 aliphatic heterocycles. The Morgan fingerprint density at radius 2 is 1.72 bits per heavy atom. The third-order valence-electron chi connectivity index (χ3n) is 4.25. The summed E-state index contributed by atoms with van der Waals surface area (Å²) >= 11 is 6.24. The number of nitriles is 1. The molecule has 4 nitrogen and oxygen atoms in total. The maximum atomic E-state index is 12.4. The van der Waals surface area contributed by atoms with Gasteiger partial charge < -0.3 is 9.64 Å². The maximum Gasteiger partial charge on any atom is 0.410 e. The average molecular weight is 357 g/mol. The fourth-order valence-electron chi connectivity index (χ4n) is 2.68. The van der Waals surface area contributed by atoms with Crippen LogP contribution in [0, 0.1) is 11.3 Å². The van der Waals surface area contributed by atoms with Gasteiger partial charge in [0.2, 0.25) is 0 Å². The van der Waals surface area contributed by atoms with Gasteiger partial charge in [0.15, 0.2) is 0 Å². The van der Waals surface area contributed by atoms with Crippen LogP contribution in [-0.2, 0) is 11.3 Å². The molecule has 0 fully saturated rings. The Morgan fingerprint density at radius 3 is 2.28 bits per heavy atom. The fraction of sp³-hybridized carbons (Fsp3) is 0.300. The van der Waals surface area contributed by atoms with Gasteiger partial charge in [-0.05, 0) is 18.1 Å². The molecule has 0 bridgehead atoms. The van der Waals surface area contributed by atoms with Crippen molar-refractivity contribution in [1.29, 1.82) is 5.26 Å². The van der Waals surface area contributed by atoms with E-state index in [0.717, 1.165) is 11.1 Å². The van der Waals surface area contributed by atoms with Crippen molar-refractivity contribution >= 4 is 17.7 Å². The van der Waals surface area contributed by atoms with Crippen molar-refractivity contribution in [1.82, 2.24) is 4.90 Å². The van der Waals surface area contributed by atoms with Gasteiger partial charge in [0.25, 0.3) is 0 Å². The number of carbonyl (C=O) groups is 1. The van der Waals surface area contributed by atoms with Crippen LogP contribution in [0.2, 0.25) is 0 Å². The molecule has 0 heterocycles. The van der Waals surface area contributed by atoms with Crippen molar-refractivity contribution in [2.24, 2.45) is 0 Å². The summed E-state index contributed by atoms with van der Waals surface area (Å²) in [6.45, 7) is 2.07. The highest BCUT2D eigenvalue weighted by Crippen LogP contribution is 2.30. The molecule has 0 saturated heterocycles. The van der Waals surface area contributed by atoms with E-state index < -0.39 is 11.5 Å². The molecule has 0 aromatic heterocycles. The first-order valence-corrected chi connectivity index (χ1v) is 8.50. The van der Waals surface area contributed by atoms with E-state index in [1.165, 1.54) is 4.90 Å². The smallest absolute Gasteiger partial charge is 0.410 e. The minimum Gasteiger partial charge on any atom is -0.445 e. The van der Waals surface area contributed by atoms with Crippen molar-refractivity contribution in [3.05, 3.63) is 71.8 Å². The molecule has 0 N–H and O–H groups in total. The maximum absolute atomic E-state index is 12.4. The molecule has 25 heavy (non-hydrogen) atoms. The third-order valence-corrected chi connectivity index (χ3v) is 4.62. The highest BCUT2D eigenvalue weighted by atomic mass is 35.5. The lowest BCUT2D eigenvalue weighted by molar-refractivity contribution is 0.0893. The lowest BCUT2D eigenvalue weighted by Gasteiger charge is -2.32. The van der Waals surface area contributed by atoms with Crippen LogP contribution in [0.1, 0.15) is 24.0 Å². The number of alkyl halides is 1. The van der Waals surface area contributed by atoms with Gasteiger partial charge in [0.05, 0.1) is 6.07 Å². The zero-order chi connectivity index (χ0) is 18.2. The van der Waals surface area contributed by atoms with Gasteiger partial charge in [-0.25, -0.2) is 4.79 Å². The number of nitrogens with zero attached hydrogens (tertiary/aromatic N) is 2. The summed E-state index contributed by atoms with van der Waals surface area (Å²) in [6.07, 6.45) is -0.445. The average Bonchev–Trinajstić information content (AvgIpc) is 2.67. The summed E-state index contributed by atoms with van der Waals surface area (Å²) in [5.74, 6) is -0.317. The molecule has 3 atom stereocenters. The van der Waals surface area contributed by atoms with Crippen molar-refractivity contribution in [2.75, 3.05) is 7.05 Å². The SMILES string of the molecule is C[C@H]([C@H](c1ccccc1)[C@H](Cl)C#N)N(C)C(=O)OCc1ccccc1. The normalized spacial score (nSPS) is 14.0. The lowest BCUT2D eigenvalue weighted by atomic mass is 9.89. The van der Waals surface area contributed by atoms with E-state index in [9.17, 15) is 10.1 Å². The second kappa shape index (κ2) is 9.10. The van der Waals surface area contributed by atoms with Crippen LogP contribution in [0.25, 0.3) is 0 Å². The van der Waals surface area contributed by atoms with Crippen molar-refractivity contribution in [3.63, 3.8) is 0 Å². The largest absolute Gasteiger partial charge is 0.445 e. The predicted octanol–water partition coefficient (Wildman–Crippen LogP) is 4.56. The van der Waals surface area contributed by atoms with E-state index in [1.54, 1.807) is 7.05 Å². The van der Waals surface area contributed by atoms with Crippen LogP contribution in [0.3, 0.4) is 0 Å². The van der Waals surface area contributed by atoms with Crippen LogP contribution >= 0.6 is 11.6 Å². The Kier molecular flexibility index (Phi) is 6.85. The van der Waals surface area contributed by atoms with Crippen LogP contribution < -0.4 is 0 Å². The third kappa shape index (κ3) is 4.98. The van der Waals surface area contributed by atoms with Crippen LogP contribution in [-0.4, -0.2) is 29.5 Å². The molecule has 0 aliphatic carbocycles. The number of rotatable bonds is 6. The Hall–Kier alpha value is -2.51. The minimum atomic E-state index is -0.748. The van der Waals surface area contributed by atoms with E-state index >= 15 is 0 Å². The second-order valence-corrected chi connectivity index (χ2v) is 6.33. The summed E-state index contributed by atoms with van der Waals surface area (Å²) in [5.41, 5.74) is 1.84. The van der Waals surface area contributed by atoms with Crippen LogP contribution in [0.5, 0.6) is 0 Å². The first kappa shape index (κ1) is 18.8. The molecule has 0 unspecified atom stereocenters. The van der Waals surface area contributed by atoms with E-state index in [-0.39, 0.29) is 18.6 Å². The molecule has 5 heteroatoms. The molecular formula is C20H21ClN2O2. The van der Waals surface area contributed by atoms with E-state index in [4.69, 9.17) is 16.3 Å². The quantitative estimate of drug-likeness (QED) is 0.713. The van der Waals surface area contributed by atoms with E-state index in [2.05, 4.69) is 6.07 Å². The van der Waals surface area contributed by atoms with E-state index in [1.807, 2.05) is 67.6 Å². The Labute approximate surface area is 153 Å².